The summed E-state index contributed by atoms with van der Waals surface area (Å²) in [5.74, 6) is -0.475. The molecule has 3 nitrogen and oxygen atoms in total. The molecule has 0 aliphatic rings. The molecule has 0 heterocycles. The van der Waals surface area contributed by atoms with Crippen molar-refractivity contribution in [1.29, 1.82) is 0 Å². The molecule has 0 saturated carbocycles. The van der Waals surface area contributed by atoms with Crippen LogP contribution in [0.5, 0.6) is 5.75 Å². The van der Waals surface area contributed by atoms with Gasteiger partial charge in [0.2, 0.25) is 0 Å². The van der Waals surface area contributed by atoms with Crippen LogP contribution in [0.4, 0.5) is 0 Å². The molecule has 0 radical (unpaired) electrons. The Morgan fingerprint density at radius 3 is 2.80 bits per heavy atom. The summed E-state index contributed by atoms with van der Waals surface area (Å²) < 4.78 is 6.09. The Labute approximate surface area is 97.2 Å². The minimum Gasteiger partial charge on any atom is -0.496 e. The normalized spacial score (nSPS) is 12.2. The Balaban J connectivity index is 2.91. The highest BCUT2D eigenvalue weighted by molar-refractivity contribution is 9.10. The Morgan fingerprint density at radius 2 is 2.27 bits per heavy atom. The van der Waals surface area contributed by atoms with Crippen molar-refractivity contribution < 1.29 is 14.6 Å². The zero-order valence-electron chi connectivity index (χ0n) is 8.66. The summed E-state index contributed by atoms with van der Waals surface area (Å²) in [6.45, 7) is 1.68. The molecule has 1 rings (SSSR count). The number of carbonyl (C=O) groups is 1. The van der Waals surface area contributed by atoms with Gasteiger partial charge in [0.15, 0.2) is 0 Å². The molecule has 0 fully saturated rings. The predicted molar refractivity (Wildman–Crippen MR) is 61.2 cm³/mol. The van der Waals surface area contributed by atoms with Crippen LogP contribution in [-0.2, 0) is 11.2 Å². The molecule has 15 heavy (non-hydrogen) atoms. The molecule has 1 atom stereocenters. The molecule has 1 aromatic rings. The molecule has 0 aliphatic carbocycles. The van der Waals surface area contributed by atoms with Gasteiger partial charge in [-0.25, -0.2) is 0 Å². The van der Waals surface area contributed by atoms with E-state index in [0.717, 1.165) is 15.8 Å². The number of carboxylic acids is 1. The first kappa shape index (κ1) is 12.0. The predicted octanol–water partition coefficient (Wildman–Crippen LogP) is 2.72. The van der Waals surface area contributed by atoms with E-state index in [1.54, 1.807) is 14.0 Å². The molecule has 0 amide bonds. The lowest BCUT2D eigenvalue weighted by Gasteiger charge is -2.11. The summed E-state index contributed by atoms with van der Waals surface area (Å²) in [7, 11) is 1.58. The number of benzene rings is 1. The van der Waals surface area contributed by atoms with Gasteiger partial charge in [-0.3, -0.25) is 4.79 Å². The molecule has 0 aromatic heterocycles. The fourth-order valence-electron chi connectivity index (χ4n) is 1.32. The summed E-state index contributed by atoms with van der Waals surface area (Å²) in [5.41, 5.74) is 0.904. The Bertz CT molecular complexity index is 363. The van der Waals surface area contributed by atoms with E-state index in [0.29, 0.717) is 6.42 Å². The molecule has 0 aliphatic heterocycles. The molecule has 1 N–H and O–H groups in total. The maximum absolute atomic E-state index is 10.7. The Kier molecular flexibility index (Phi) is 4.15. The number of methoxy groups -OCH3 is 1. The second-order valence-electron chi connectivity index (χ2n) is 3.40. The van der Waals surface area contributed by atoms with Gasteiger partial charge in [-0.15, -0.1) is 0 Å². The zero-order chi connectivity index (χ0) is 11.4. The van der Waals surface area contributed by atoms with E-state index in [-0.39, 0.29) is 0 Å². The number of carboxylic acid groups (broad SMARTS) is 1. The van der Waals surface area contributed by atoms with Gasteiger partial charge in [0.05, 0.1) is 13.0 Å². The maximum Gasteiger partial charge on any atom is 0.306 e. The summed E-state index contributed by atoms with van der Waals surface area (Å²) in [6, 6.07) is 5.58. The van der Waals surface area contributed by atoms with Gasteiger partial charge >= 0.3 is 5.97 Å². The van der Waals surface area contributed by atoms with E-state index < -0.39 is 11.9 Å². The second-order valence-corrected chi connectivity index (χ2v) is 4.32. The van der Waals surface area contributed by atoms with Crippen molar-refractivity contribution in [2.75, 3.05) is 7.11 Å². The van der Waals surface area contributed by atoms with Crippen LogP contribution in [0.3, 0.4) is 0 Å². The molecule has 1 aromatic carbocycles. The van der Waals surface area contributed by atoms with Crippen LogP contribution in [0, 0.1) is 5.92 Å². The quantitative estimate of drug-likeness (QED) is 0.917. The SMILES string of the molecule is COc1ccc(Br)cc1CC(C)C(=O)O. The smallest absolute Gasteiger partial charge is 0.306 e. The minimum absolute atomic E-state index is 0.409. The number of rotatable bonds is 4. The van der Waals surface area contributed by atoms with Crippen LogP contribution < -0.4 is 4.74 Å². The van der Waals surface area contributed by atoms with Crippen molar-refractivity contribution >= 4 is 21.9 Å². The fraction of sp³-hybridized carbons (Fsp3) is 0.364. The highest BCUT2D eigenvalue weighted by Crippen LogP contribution is 2.25. The molecule has 0 saturated heterocycles. The van der Waals surface area contributed by atoms with E-state index in [2.05, 4.69) is 15.9 Å². The van der Waals surface area contributed by atoms with Crippen LogP contribution in [0.1, 0.15) is 12.5 Å². The van der Waals surface area contributed by atoms with Gasteiger partial charge in [-0.1, -0.05) is 22.9 Å². The van der Waals surface area contributed by atoms with E-state index in [1.165, 1.54) is 0 Å². The minimum atomic E-state index is -0.794. The molecule has 1 unspecified atom stereocenters. The van der Waals surface area contributed by atoms with Gasteiger partial charge in [0, 0.05) is 4.47 Å². The Morgan fingerprint density at radius 1 is 1.60 bits per heavy atom. The lowest BCUT2D eigenvalue weighted by Crippen LogP contribution is -2.12. The second kappa shape index (κ2) is 5.16. The van der Waals surface area contributed by atoms with Crippen LogP contribution >= 0.6 is 15.9 Å². The lowest BCUT2D eigenvalue weighted by molar-refractivity contribution is -0.141. The summed E-state index contributed by atoms with van der Waals surface area (Å²) >= 11 is 3.35. The Hall–Kier alpha value is -1.03. The molecule has 0 spiro atoms. The average Bonchev–Trinajstić information content (AvgIpc) is 2.18. The molecular weight excluding hydrogens is 260 g/mol. The number of hydrogen-bond acceptors (Lipinski definition) is 2. The van der Waals surface area contributed by atoms with Crippen molar-refractivity contribution in [3.63, 3.8) is 0 Å². The topological polar surface area (TPSA) is 46.5 Å². The summed E-state index contributed by atoms with van der Waals surface area (Å²) in [4.78, 5) is 10.7. The van der Waals surface area contributed by atoms with Crippen molar-refractivity contribution in [2.45, 2.75) is 13.3 Å². The fourth-order valence-corrected chi connectivity index (χ4v) is 1.73. The summed E-state index contributed by atoms with van der Waals surface area (Å²) in [6.07, 6.45) is 0.470. The van der Waals surface area contributed by atoms with Gasteiger partial charge in [-0.2, -0.15) is 0 Å². The van der Waals surface area contributed by atoms with Crippen molar-refractivity contribution in [3.05, 3.63) is 28.2 Å². The van der Waals surface area contributed by atoms with Gasteiger partial charge in [-0.05, 0) is 30.2 Å². The number of ether oxygens (including phenoxy) is 1. The van der Waals surface area contributed by atoms with E-state index in [4.69, 9.17) is 9.84 Å². The number of aliphatic carboxylic acids is 1. The van der Waals surface area contributed by atoms with Crippen LogP contribution in [0.2, 0.25) is 0 Å². The first-order chi connectivity index (χ1) is 7.04. The van der Waals surface area contributed by atoms with Gasteiger partial charge < -0.3 is 9.84 Å². The maximum atomic E-state index is 10.7. The van der Waals surface area contributed by atoms with Crippen molar-refractivity contribution in [1.82, 2.24) is 0 Å². The van der Waals surface area contributed by atoms with Crippen LogP contribution in [-0.4, -0.2) is 18.2 Å². The summed E-state index contributed by atoms with van der Waals surface area (Å²) in [5, 5.41) is 8.82. The van der Waals surface area contributed by atoms with E-state index in [9.17, 15) is 4.79 Å². The highest BCUT2D eigenvalue weighted by atomic mass is 79.9. The molecule has 0 bridgehead atoms. The molecule has 82 valence electrons. The van der Waals surface area contributed by atoms with Crippen molar-refractivity contribution in [3.8, 4) is 5.75 Å². The van der Waals surface area contributed by atoms with Gasteiger partial charge in [0.25, 0.3) is 0 Å². The first-order valence-corrected chi connectivity index (χ1v) is 5.39. The van der Waals surface area contributed by atoms with E-state index >= 15 is 0 Å². The zero-order valence-corrected chi connectivity index (χ0v) is 10.2. The molecular formula is C11H13BrO3. The standard InChI is InChI=1S/C11H13BrO3/c1-7(11(13)14)5-8-6-9(12)3-4-10(8)15-2/h3-4,6-7H,5H2,1-2H3,(H,13,14). The third-order valence-corrected chi connectivity index (χ3v) is 2.68. The van der Waals surface area contributed by atoms with Crippen molar-refractivity contribution in [2.24, 2.45) is 5.92 Å². The van der Waals surface area contributed by atoms with Crippen LogP contribution in [0.25, 0.3) is 0 Å². The molecule has 4 heteroatoms. The van der Waals surface area contributed by atoms with Gasteiger partial charge in [0.1, 0.15) is 5.75 Å². The van der Waals surface area contributed by atoms with E-state index in [1.807, 2.05) is 18.2 Å². The largest absolute Gasteiger partial charge is 0.496 e. The lowest BCUT2D eigenvalue weighted by atomic mass is 10.0. The third-order valence-electron chi connectivity index (χ3n) is 2.19. The highest BCUT2D eigenvalue weighted by Gasteiger charge is 2.14. The monoisotopic (exact) mass is 272 g/mol. The van der Waals surface area contributed by atoms with Crippen LogP contribution in [0.15, 0.2) is 22.7 Å². The number of hydrogen-bond donors (Lipinski definition) is 1. The first-order valence-electron chi connectivity index (χ1n) is 4.59. The number of halogens is 1. The third kappa shape index (κ3) is 3.23. The average molecular weight is 273 g/mol.